The van der Waals surface area contributed by atoms with E-state index in [0.717, 1.165) is 47.4 Å². The van der Waals surface area contributed by atoms with Crippen LogP contribution in [0, 0.1) is 0 Å². The van der Waals surface area contributed by atoms with E-state index in [4.69, 9.17) is 14.3 Å². The van der Waals surface area contributed by atoms with Gasteiger partial charge in [0, 0.05) is 10.9 Å². The zero-order valence-corrected chi connectivity index (χ0v) is 15.4. The second-order valence-corrected chi connectivity index (χ2v) is 6.82. The highest BCUT2D eigenvalue weighted by atomic mass is 16.5. The third kappa shape index (κ3) is 2.65. The number of anilines is 1. The number of amides is 1. The molecule has 0 spiro atoms. The fourth-order valence-electron chi connectivity index (χ4n) is 3.75. The van der Waals surface area contributed by atoms with Crippen molar-refractivity contribution in [1.29, 1.82) is 0 Å². The second-order valence-electron chi connectivity index (χ2n) is 6.82. The molecule has 2 aromatic heterocycles. The molecule has 28 heavy (non-hydrogen) atoms. The summed E-state index contributed by atoms with van der Waals surface area (Å²) in [6.07, 6.45) is 2.89. The molecular weight excluding hydrogens is 354 g/mol. The maximum Gasteiger partial charge on any atom is 0.292 e. The molecule has 6 nitrogen and oxygen atoms in total. The molecule has 0 saturated carbocycles. The van der Waals surface area contributed by atoms with Crippen molar-refractivity contribution >= 4 is 22.7 Å². The quantitative estimate of drug-likeness (QED) is 0.577. The molecule has 1 aliphatic carbocycles. The minimum Gasteiger partial charge on any atom is -0.493 e. The molecule has 0 aliphatic heterocycles. The van der Waals surface area contributed by atoms with Crippen LogP contribution in [0.25, 0.3) is 16.7 Å². The lowest BCUT2D eigenvalue weighted by molar-refractivity contribution is 0.0997. The number of furan rings is 1. The molecule has 140 valence electrons. The first-order valence-corrected chi connectivity index (χ1v) is 9.28. The Morgan fingerprint density at radius 2 is 2.00 bits per heavy atom. The number of aryl methyl sites for hydroxylation is 1. The minimum atomic E-state index is -0.301. The predicted molar refractivity (Wildman–Crippen MR) is 106 cm³/mol. The molecule has 0 saturated heterocycles. The number of hydrogen-bond donors (Lipinski definition) is 1. The van der Waals surface area contributed by atoms with Gasteiger partial charge in [0.1, 0.15) is 5.82 Å². The number of carbonyl (C=O) groups excluding carboxylic acids is 1. The number of hydrogen-bond acceptors (Lipinski definition) is 4. The summed E-state index contributed by atoms with van der Waals surface area (Å²) in [6.45, 7) is 0. The summed E-state index contributed by atoms with van der Waals surface area (Å²) < 4.78 is 12.9. The van der Waals surface area contributed by atoms with Crippen molar-refractivity contribution in [3.05, 3.63) is 71.6 Å². The van der Waals surface area contributed by atoms with Gasteiger partial charge in [-0.2, -0.15) is 5.10 Å². The predicted octanol–water partition coefficient (Wildman–Crippen LogP) is 4.37. The molecule has 0 unspecified atom stereocenters. The minimum absolute atomic E-state index is 0.243. The molecule has 1 amide bonds. The summed E-state index contributed by atoms with van der Waals surface area (Å²) in [4.78, 5) is 13.0. The molecule has 1 N–H and O–H groups in total. The monoisotopic (exact) mass is 373 g/mol. The summed E-state index contributed by atoms with van der Waals surface area (Å²) in [7, 11) is 1.58. The van der Waals surface area contributed by atoms with Crippen molar-refractivity contribution in [2.45, 2.75) is 19.3 Å². The van der Waals surface area contributed by atoms with Gasteiger partial charge < -0.3 is 14.5 Å². The van der Waals surface area contributed by atoms with Gasteiger partial charge in [-0.1, -0.05) is 30.3 Å². The van der Waals surface area contributed by atoms with Crippen LogP contribution in [0.15, 0.2) is 59.0 Å². The SMILES string of the molecule is COc1cccc2cc(C(=O)Nc3c4c(nn3-c3ccccc3)CCC4)oc12. The first kappa shape index (κ1) is 16.6. The van der Waals surface area contributed by atoms with Crippen molar-refractivity contribution in [3.63, 3.8) is 0 Å². The Balaban J connectivity index is 1.54. The molecule has 5 rings (SSSR count). The largest absolute Gasteiger partial charge is 0.493 e. The third-order valence-electron chi connectivity index (χ3n) is 5.09. The number of para-hydroxylation sites is 2. The topological polar surface area (TPSA) is 69.3 Å². The summed E-state index contributed by atoms with van der Waals surface area (Å²) in [6, 6.07) is 17.1. The maximum absolute atomic E-state index is 13.0. The van der Waals surface area contributed by atoms with E-state index in [1.54, 1.807) is 13.2 Å². The van der Waals surface area contributed by atoms with Crippen LogP contribution in [0.5, 0.6) is 5.75 Å². The third-order valence-corrected chi connectivity index (χ3v) is 5.09. The summed E-state index contributed by atoms with van der Waals surface area (Å²) in [5.41, 5.74) is 3.63. The van der Waals surface area contributed by atoms with E-state index in [1.165, 1.54) is 0 Å². The standard InChI is InChI=1S/C22H19N3O3/c1-27-18-12-5-7-14-13-19(28-20(14)18)22(26)23-21-16-10-6-11-17(16)24-25(21)15-8-3-2-4-9-15/h2-5,7-9,12-13H,6,10-11H2,1H3,(H,23,26). The number of methoxy groups -OCH3 is 1. The highest BCUT2D eigenvalue weighted by Crippen LogP contribution is 2.32. The molecule has 0 bridgehead atoms. The lowest BCUT2D eigenvalue weighted by Gasteiger charge is -2.10. The highest BCUT2D eigenvalue weighted by molar-refractivity contribution is 6.05. The number of carbonyl (C=O) groups is 1. The van der Waals surface area contributed by atoms with Crippen LogP contribution >= 0.6 is 0 Å². The van der Waals surface area contributed by atoms with Crippen molar-refractivity contribution in [2.75, 3.05) is 12.4 Å². The smallest absolute Gasteiger partial charge is 0.292 e. The van der Waals surface area contributed by atoms with Crippen LogP contribution in [0.4, 0.5) is 5.82 Å². The summed E-state index contributed by atoms with van der Waals surface area (Å²) in [5, 5.41) is 8.59. The van der Waals surface area contributed by atoms with Gasteiger partial charge in [-0.3, -0.25) is 4.79 Å². The van der Waals surface area contributed by atoms with Gasteiger partial charge in [-0.25, -0.2) is 4.68 Å². The van der Waals surface area contributed by atoms with Crippen molar-refractivity contribution in [3.8, 4) is 11.4 Å². The molecule has 2 aromatic carbocycles. The Morgan fingerprint density at radius 1 is 1.14 bits per heavy atom. The van der Waals surface area contributed by atoms with Gasteiger partial charge in [0.2, 0.25) is 0 Å². The Morgan fingerprint density at radius 3 is 2.82 bits per heavy atom. The average Bonchev–Trinajstić information content (AvgIpc) is 3.43. The summed E-state index contributed by atoms with van der Waals surface area (Å²) in [5.74, 6) is 1.26. The number of rotatable bonds is 4. The van der Waals surface area contributed by atoms with Gasteiger partial charge in [0.25, 0.3) is 5.91 Å². The van der Waals surface area contributed by atoms with Crippen LogP contribution in [-0.2, 0) is 12.8 Å². The van der Waals surface area contributed by atoms with E-state index in [1.807, 2.05) is 53.2 Å². The van der Waals surface area contributed by atoms with Crippen LogP contribution in [0.1, 0.15) is 28.2 Å². The lowest BCUT2D eigenvalue weighted by Crippen LogP contribution is -2.15. The number of ether oxygens (including phenoxy) is 1. The Labute approximate surface area is 161 Å². The molecule has 4 aromatic rings. The molecule has 1 aliphatic rings. The number of nitrogens with one attached hydrogen (secondary N) is 1. The van der Waals surface area contributed by atoms with E-state index in [0.29, 0.717) is 11.3 Å². The Hall–Kier alpha value is -3.54. The number of benzene rings is 2. The molecule has 0 atom stereocenters. The maximum atomic E-state index is 13.0. The second kappa shape index (κ2) is 6.56. The summed E-state index contributed by atoms with van der Waals surface area (Å²) >= 11 is 0. The van der Waals surface area contributed by atoms with Crippen LogP contribution in [0.2, 0.25) is 0 Å². The van der Waals surface area contributed by atoms with Gasteiger partial charge >= 0.3 is 0 Å². The average molecular weight is 373 g/mol. The van der Waals surface area contributed by atoms with Gasteiger partial charge in [-0.05, 0) is 43.5 Å². The van der Waals surface area contributed by atoms with E-state index >= 15 is 0 Å². The van der Waals surface area contributed by atoms with E-state index in [2.05, 4.69) is 5.32 Å². The molecular formula is C22H19N3O3. The number of fused-ring (bicyclic) bond motifs is 2. The van der Waals surface area contributed by atoms with Crippen LogP contribution in [-0.4, -0.2) is 22.8 Å². The van der Waals surface area contributed by atoms with Gasteiger partial charge in [0.05, 0.1) is 18.5 Å². The number of nitrogens with zero attached hydrogens (tertiary/aromatic N) is 2. The zero-order chi connectivity index (χ0) is 19.1. The van der Waals surface area contributed by atoms with Crippen molar-refractivity contribution < 1.29 is 13.9 Å². The highest BCUT2D eigenvalue weighted by Gasteiger charge is 2.25. The Kier molecular flexibility index (Phi) is 3.90. The van der Waals surface area contributed by atoms with E-state index in [9.17, 15) is 4.79 Å². The molecule has 0 radical (unpaired) electrons. The molecule has 2 heterocycles. The Bertz CT molecular complexity index is 1170. The molecule has 0 fully saturated rings. The van der Waals surface area contributed by atoms with Crippen molar-refractivity contribution in [1.82, 2.24) is 9.78 Å². The van der Waals surface area contributed by atoms with Gasteiger partial charge in [-0.15, -0.1) is 0 Å². The van der Waals surface area contributed by atoms with E-state index in [-0.39, 0.29) is 11.7 Å². The van der Waals surface area contributed by atoms with Gasteiger partial charge in [0.15, 0.2) is 17.1 Å². The lowest BCUT2D eigenvalue weighted by atomic mass is 10.2. The molecule has 6 heteroatoms. The van der Waals surface area contributed by atoms with Crippen LogP contribution in [0.3, 0.4) is 0 Å². The van der Waals surface area contributed by atoms with E-state index < -0.39 is 0 Å². The van der Waals surface area contributed by atoms with Crippen molar-refractivity contribution in [2.24, 2.45) is 0 Å². The fraction of sp³-hybridized carbons (Fsp3) is 0.182. The first-order valence-electron chi connectivity index (χ1n) is 9.28. The van der Waals surface area contributed by atoms with Crippen LogP contribution < -0.4 is 10.1 Å². The zero-order valence-electron chi connectivity index (χ0n) is 15.4. The number of aromatic nitrogens is 2. The first-order chi connectivity index (χ1) is 13.7. The normalized spacial score (nSPS) is 12.9. The fourth-order valence-corrected chi connectivity index (χ4v) is 3.75.